The van der Waals surface area contributed by atoms with E-state index in [1.807, 2.05) is 32.0 Å². The number of hydrogen-bond donors (Lipinski definition) is 2. The lowest BCUT2D eigenvalue weighted by atomic mass is 10.1. The molecule has 0 aliphatic carbocycles. The molecule has 3 N–H and O–H groups in total. The number of nitrogen functional groups attached to an aromatic ring is 1. The third-order valence-corrected chi connectivity index (χ3v) is 3.06. The Balaban J connectivity index is 2.08. The van der Waals surface area contributed by atoms with E-state index in [0.717, 1.165) is 5.56 Å². The Labute approximate surface area is 113 Å². The van der Waals surface area contributed by atoms with Crippen LogP contribution in [0.5, 0.6) is 0 Å². The Hall–Kier alpha value is -2.29. The van der Waals surface area contributed by atoms with Crippen molar-refractivity contribution in [2.24, 2.45) is 0 Å². The molecule has 0 radical (unpaired) electrons. The van der Waals surface area contributed by atoms with Gasteiger partial charge in [0, 0.05) is 11.3 Å². The lowest BCUT2D eigenvalue weighted by molar-refractivity contribution is 0.0940. The minimum Gasteiger partial charge on any atom is -0.399 e. The highest BCUT2D eigenvalue weighted by molar-refractivity contribution is 5.94. The predicted molar refractivity (Wildman–Crippen MR) is 77.9 cm³/mol. The van der Waals surface area contributed by atoms with Gasteiger partial charge in [0.1, 0.15) is 0 Å². The van der Waals surface area contributed by atoms with Crippen LogP contribution in [-0.4, -0.2) is 5.91 Å². The summed E-state index contributed by atoms with van der Waals surface area (Å²) in [6.07, 6.45) is 0. The van der Waals surface area contributed by atoms with Crippen molar-refractivity contribution in [2.75, 3.05) is 5.73 Å². The van der Waals surface area contributed by atoms with Crippen LogP contribution in [0.25, 0.3) is 0 Å². The molecular weight excluding hydrogens is 236 g/mol. The van der Waals surface area contributed by atoms with E-state index in [-0.39, 0.29) is 11.9 Å². The van der Waals surface area contributed by atoms with Gasteiger partial charge in [-0.25, -0.2) is 0 Å². The summed E-state index contributed by atoms with van der Waals surface area (Å²) < 4.78 is 0. The molecule has 3 heteroatoms. The minimum atomic E-state index is -0.0889. The molecule has 0 unspecified atom stereocenters. The number of aryl methyl sites for hydroxylation is 1. The fraction of sp³-hybridized carbons (Fsp3) is 0.188. The van der Waals surface area contributed by atoms with Crippen LogP contribution in [0.4, 0.5) is 5.69 Å². The van der Waals surface area contributed by atoms with Crippen LogP contribution in [-0.2, 0) is 0 Å². The monoisotopic (exact) mass is 254 g/mol. The zero-order valence-electron chi connectivity index (χ0n) is 11.2. The molecule has 1 amide bonds. The fourth-order valence-corrected chi connectivity index (χ4v) is 1.94. The number of benzene rings is 2. The first-order valence-electron chi connectivity index (χ1n) is 6.29. The first kappa shape index (κ1) is 13.1. The van der Waals surface area contributed by atoms with Crippen LogP contribution in [0.2, 0.25) is 0 Å². The molecule has 98 valence electrons. The van der Waals surface area contributed by atoms with Gasteiger partial charge >= 0.3 is 0 Å². The fourth-order valence-electron chi connectivity index (χ4n) is 1.94. The Morgan fingerprint density at radius 1 is 1.16 bits per heavy atom. The molecule has 1 atom stereocenters. The molecule has 0 bridgehead atoms. The largest absolute Gasteiger partial charge is 0.399 e. The van der Waals surface area contributed by atoms with Gasteiger partial charge in [-0.15, -0.1) is 0 Å². The van der Waals surface area contributed by atoms with E-state index in [2.05, 4.69) is 11.4 Å². The van der Waals surface area contributed by atoms with Gasteiger partial charge in [0.25, 0.3) is 5.91 Å². The lowest BCUT2D eigenvalue weighted by Gasteiger charge is -2.15. The number of carbonyl (C=O) groups is 1. The highest BCUT2D eigenvalue weighted by atomic mass is 16.1. The van der Waals surface area contributed by atoms with E-state index in [0.29, 0.717) is 11.3 Å². The second-order valence-electron chi connectivity index (χ2n) is 4.73. The number of carbonyl (C=O) groups excluding carboxylic acids is 1. The highest BCUT2D eigenvalue weighted by Gasteiger charge is 2.11. The van der Waals surface area contributed by atoms with Crippen molar-refractivity contribution in [3.05, 3.63) is 65.2 Å². The van der Waals surface area contributed by atoms with E-state index < -0.39 is 0 Å². The summed E-state index contributed by atoms with van der Waals surface area (Å²) in [6.45, 7) is 4.02. The normalized spacial score (nSPS) is 11.9. The standard InChI is InChI=1S/C16H18N2O/c1-11-4-3-5-14(10-11)12(2)18-16(19)13-6-8-15(17)9-7-13/h3-10,12H,17H2,1-2H3,(H,18,19)/t12-/m0/s1. The highest BCUT2D eigenvalue weighted by Crippen LogP contribution is 2.15. The number of hydrogen-bond acceptors (Lipinski definition) is 2. The van der Waals surface area contributed by atoms with Gasteiger partial charge in [-0.2, -0.15) is 0 Å². The molecule has 2 aromatic rings. The average Bonchev–Trinajstić information content (AvgIpc) is 2.39. The molecule has 2 aromatic carbocycles. The number of rotatable bonds is 3. The minimum absolute atomic E-state index is 0.0232. The molecular formula is C16H18N2O. The molecule has 19 heavy (non-hydrogen) atoms. The quantitative estimate of drug-likeness (QED) is 0.827. The van der Waals surface area contributed by atoms with Crippen molar-refractivity contribution in [3.63, 3.8) is 0 Å². The molecule has 0 fully saturated rings. The van der Waals surface area contributed by atoms with E-state index in [4.69, 9.17) is 5.73 Å². The first-order valence-corrected chi connectivity index (χ1v) is 6.29. The van der Waals surface area contributed by atoms with Crippen LogP contribution in [0.3, 0.4) is 0 Å². The predicted octanol–water partition coefficient (Wildman–Crippen LogP) is 3.07. The summed E-state index contributed by atoms with van der Waals surface area (Å²) in [5, 5.41) is 2.98. The molecule has 0 saturated heterocycles. The van der Waals surface area contributed by atoms with Crippen LogP contribution >= 0.6 is 0 Å². The Kier molecular flexibility index (Phi) is 3.85. The summed E-state index contributed by atoms with van der Waals surface area (Å²) in [7, 11) is 0. The van der Waals surface area contributed by atoms with Crippen LogP contribution < -0.4 is 11.1 Å². The Morgan fingerprint density at radius 3 is 2.47 bits per heavy atom. The third kappa shape index (κ3) is 3.35. The topological polar surface area (TPSA) is 55.1 Å². The van der Waals surface area contributed by atoms with Gasteiger partial charge in [-0.05, 0) is 43.7 Å². The molecule has 0 spiro atoms. The van der Waals surface area contributed by atoms with Gasteiger partial charge in [-0.1, -0.05) is 29.8 Å². The van der Waals surface area contributed by atoms with Gasteiger partial charge < -0.3 is 11.1 Å². The van der Waals surface area contributed by atoms with Gasteiger partial charge in [0.05, 0.1) is 6.04 Å². The average molecular weight is 254 g/mol. The lowest BCUT2D eigenvalue weighted by Crippen LogP contribution is -2.26. The summed E-state index contributed by atoms with van der Waals surface area (Å²) in [6, 6.07) is 15.0. The van der Waals surface area contributed by atoms with Gasteiger partial charge in [-0.3, -0.25) is 4.79 Å². The number of nitrogens with one attached hydrogen (secondary N) is 1. The zero-order chi connectivity index (χ0) is 13.8. The smallest absolute Gasteiger partial charge is 0.251 e. The van der Waals surface area contributed by atoms with Gasteiger partial charge in [0.2, 0.25) is 0 Å². The van der Waals surface area contributed by atoms with Crippen LogP contribution in [0.15, 0.2) is 48.5 Å². The Morgan fingerprint density at radius 2 is 1.84 bits per heavy atom. The summed E-state index contributed by atoms with van der Waals surface area (Å²) >= 11 is 0. The number of nitrogens with two attached hydrogens (primary N) is 1. The summed E-state index contributed by atoms with van der Waals surface area (Å²) in [5.41, 5.74) is 9.17. The van der Waals surface area contributed by atoms with E-state index in [9.17, 15) is 4.79 Å². The van der Waals surface area contributed by atoms with Crippen LogP contribution in [0, 0.1) is 6.92 Å². The first-order chi connectivity index (χ1) is 9.06. The summed E-state index contributed by atoms with van der Waals surface area (Å²) in [4.78, 5) is 12.1. The molecule has 0 aromatic heterocycles. The van der Waals surface area contributed by atoms with E-state index >= 15 is 0 Å². The number of anilines is 1. The van der Waals surface area contributed by atoms with Crippen molar-refractivity contribution in [2.45, 2.75) is 19.9 Å². The SMILES string of the molecule is Cc1cccc([C@H](C)NC(=O)c2ccc(N)cc2)c1. The van der Waals surface area contributed by atoms with Crippen molar-refractivity contribution in [1.29, 1.82) is 0 Å². The Bertz CT molecular complexity index is 576. The zero-order valence-corrected chi connectivity index (χ0v) is 11.2. The van der Waals surface area contributed by atoms with Crippen molar-refractivity contribution < 1.29 is 4.79 Å². The van der Waals surface area contributed by atoms with Crippen LogP contribution in [0.1, 0.15) is 34.5 Å². The summed E-state index contributed by atoms with van der Waals surface area (Å²) in [5.74, 6) is -0.0889. The molecule has 0 aliphatic rings. The van der Waals surface area contributed by atoms with E-state index in [1.54, 1.807) is 24.3 Å². The maximum Gasteiger partial charge on any atom is 0.251 e. The second kappa shape index (κ2) is 5.57. The molecule has 2 rings (SSSR count). The third-order valence-electron chi connectivity index (χ3n) is 3.06. The second-order valence-corrected chi connectivity index (χ2v) is 4.73. The molecule has 0 saturated carbocycles. The van der Waals surface area contributed by atoms with Crippen molar-refractivity contribution in [1.82, 2.24) is 5.32 Å². The van der Waals surface area contributed by atoms with Crippen molar-refractivity contribution >= 4 is 11.6 Å². The number of amides is 1. The molecule has 0 aliphatic heterocycles. The van der Waals surface area contributed by atoms with Gasteiger partial charge in [0.15, 0.2) is 0 Å². The maximum atomic E-state index is 12.1. The van der Waals surface area contributed by atoms with E-state index in [1.165, 1.54) is 5.56 Å². The molecule has 3 nitrogen and oxygen atoms in total. The van der Waals surface area contributed by atoms with Crippen molar-refractivity contribution in [3.8, 4) is 0 Å². The maximum absolute atomic E-state index is 12.1. The molecule has 0 heterocycles.